The van der Waals surface area contributed by atoms with Crippen LogP contribution in [0.25, 0.3) is 95.9 Å². The van der Waals surface area contributed by atoms with Crippen molar-refractivity contribution in [2.45, 2.75) is 51.9 Å². The standard InChI is InChI=1S/C92H74N2/c1-7-87-83(54-26-63(2)93(80-51-45-70-22-14-16-24-76(70)60-80)78-47-41-74(42-48-78)68-18-10-8-11-19-68)84-55-35-66(58-88(84)91(87,3)4)29-27-64-31-37-72(38-32-64)73-39-33-65(34-40-73)28-30-67-36-56-85-86-57-53-82(62-90(86)92(5,6)89(85)59-67)94(81-52-46-71-23-15-17-25-77(71)61-81)79-49-43-75(44-50-79)69-20-12-9-13-21-69/h8-62H,2,7H2,1,3-6H3/b29-27+,30-28+,54-26-. The van der Waals surface area contributed by atoms with E-state index < -0.39 is 0 Å². The lowest BCUT2D eigenvalue weighted by molar-refractivity contribution is 0.617. The lowest BCUT2D eigenvalue weighted by Gasteiger charge is -2.28. The summed E-state index contributed by atoms with van der Waals surface area (Å²) in [5.41, 5.74) is 28.6. The van der Waals surface area contributed by atoms with Gasteiger partial charge in [-0.1, -0.05) is 314 Å². The Morgan fingerprint density at radius 3 is 1.22 bits per heavy atom. The van der Waals surface area contributed by atoms with Crippen molar-refractivity contribution < 1.29 is 0 Å². The van der Waals surface area contributed by atoms with Crippen molar-refractivity contribution in [1.82, 2.24) is 0 Å². The molecule has 15 rings (SSSR count). The molecule has 0 amide bonds. The molecule has 13 aromatic rings. The minimum atomic E-state index is -0.206. The van der Waals surface area contributed by atoms with Crippen LogP contribution in [0.1, 0.15) is 85.5 Å². The minimum absolute atomic E-state index is 0.131. The highest BCUT2D eigenvalue weighted by Crippen LogP contribution is 2.52. The SMILES string of the molecule is C=C(/C=C\C1=C(CC)C(C)(C)c2cc(/C=C/c3ccc(-c4ccc(/C=C/c5ccc6c(c5)C(C)(C)c5cc(N(c7ccc(-c8ccccc8)cc7)c7ccc8ccccc8c7)ccc5-6)cc4)cc3)ccc21)N(c1ccc(-c2ccccc2)cc1)c1ccc2ccccc2c1. The number of hydrogen-bond acceptors (Lipinski definition) is 2. The molecule has 2 heteroatoms. The van der Waals surface area contributed by atoms with E-state index in [1.807, 2.05) is 0 Å². The second-order valence-corrected chi connectivity index (χ2v) is 26.1. The van der Waals surface area contributed by atoms with Crippen LogP contribution in [0.3, 0.4) is 0 Å². The summed E-state index contributed by atoms with van der Waals surface area (Å²) < 4.78 is 0. The summed E-state index contributed by atoms with van der Waals surface area (Å²) in [6.45, 7) is 16.5. The molecule has 0 saturated heterocycles. The summed E-state index contributed by atoms with van der Waals surface area (Å²) in [6.07, 6.45) is 14.4. The molecule has 0 aromatic heterocycles. The zero-order chi connectivity index (χ0) is 63.9. The molecule has 0 N–H and O–H groups in total. The summed E-state index contributed by atoms with van der Waals surface area (Å²) in [5, 5.41) is 4.86. The van der Waals surface area contributed by atoms with Gasteiger partial charge in [-0.05, 0) is 189 Å². The molecule has 0 saturated carbocycles. The van der Waals surface area contributed by atoms with Crippen LogP contribution in [-0.4, -0.2) is 0 Å². The van der Waals surface area contributed by atoms with Gasteiger partial charge in [0.1, 0.15) is 0 Å². The first-order valence-corrected chi connectivity index (χ1v) is 32.9. The maximum absolute atomic E-state index is 4.73. The van der Waals surface area contributed by atoms with Crippen LogP contribution in [0.15, 0.2) is 327 Å². The van der Waals surface area contributed by atoms with E-state index in [0.29, 0.717) is 0 Å². The first-order valence-electron chi connectivity index (χ1n) is 32.9. The molecule has 13 aromatic carbocycles. The van der Waals surface area contributed by atoms with Crippen LogP contribution in [0.5, 0.6) is 0 Å². The van der Waals surface area contributed by atoms with Gasteiger partial charge in [-0.3, -0.25) is 0 Å². The predicted octanol–water partition coefficient (Wildman–Crippen LogP) is 25.5. The van der Waals surface area contributed by atoms with Crippen molar-refractivity contribution in [2.24, 2.45) is 0 Å². The number of rotatable bonds is 16. The Labute approximate surface area is 554 Å². The highest BCUT2D eigenvalue weighted by atomic mass is 15.1. The van der Waals surface area contributed by atoms with E-state index >= 15 is 0 Å². The fourth-order valence-electron chi connectivity index (χ4n) is 14.5. The molecular weight excluding hydrogens is 1130 g/mol. The molecule has 452 valence electrons. The fraction of sp³-hybridized carbons (Fsp3) is 0.0870. The van der Waals surface area contributed by atoms with Crippen molar-refractivity contribution in [3.8, 4) is 44.5 Å². The number of benzene rings is 13. The van der Waals surface area contributed by atoms with E-state index in [4.69, 9.17) is 6.58 Å². The Hall–Kier alpha value is -11.3. The molecule has 0 fully saturated rings. The van der Waals surface area contributed by atoms with E-state index in [1.54, 1.807) is 0 Å². The third-order valence-corrected chi connectivity index (χ3v) is 19.7. The Balaban J connectivity index is 0.621. The maximum atomic E-state index is 4.73. The largest absolute Gasteiger partial charge is 0.311 e. The van der Waals surface area contributed by atoms with Crippen LogP contribution in [0, 0.1) is 0 Å². The van der Waals surface area contributed by atoms with E-state index in [1.165, 1.54) is 116 Å². The van der Waals surface area contributed by atoms with Gasteiger partial charge in [0.15, 0.2) is 0 Å². The number of hydrogen-bond donors (Lipinski definition) is 0. The van der Waals surface area contributed by atoms with Gasteiger partial charge >= 0.3 is 0 Å². The Bertz CT molecular complexity index is 5140. The van der Waals surface area contributed by atoms with Crippen molar-refractivity contribution in [2.75, 3.05) is 9.80 Å². The molecule has 2 aliphatic rings. The molecule has 2 aliphatic carbocycles. The second-order valence-electron chi connectivity index (χ2n) is 26.1. The van der Waals surface area contributed by atoms with Gasteiger partial charge in [-0.15, -0.1) is 0 Å². The average Bonchev–Trinajstić information content (AvgIpc) is 1.56. The molecule has 0 radical (unpaired) electrons. The Morgan fingerprint density at radius 2 is 0.691 bits per heavy atom. The highest BCUT2D eigenvalue weighted by Gasteiger charge is 2.37. The topological polar surface area (TPSA) is 6.48 Å². The van der Waals surface area contributed by atoms with Crippen molar-refractivity contribution in [3.63, 3.8) is 0 Å². The van der Waals surface area contributed by atoms with Crippen LogP contribution >= 0.6 is 0 Å². The minimum Gasteiger partial charge on any atom is -0.311 e. The third kappa shape index (κ3) is 11.3. The van der Waals surface area contributed by atoms with Gasteiger partial charge in [0.2, 0.25) is 0 Å². The molecule has 2 nitrogen and oxygen atoms in total. The predicted molar refractivity (Wildman–Crippen MR) is 404 cm³/mol. The van der Waals surface area contributed by atoms with Crippen molar-refractivity contribution in [1.29, 1.82) is 0 Å². The average molecular weight is 1210 g/mol. The number of nitrogens with zero attached hydrogens (tertiary/aromatic N) is 2. The highest BCUT2D eigenvalue weighted by molar-refractivity contribution is 5.93. The molecule has 0 atom stereocenters. The van der Waals surface area contributed by atoms with Gasteiger partial charge < -0.3 is 9.80 Å². The monoisotopic (exact) mass is 1210 g/mol. The summed E-state index contributed by atoms with van der Waals surface area (Å²) in [7, 11) is 0. The normalized spacial score (nSPS) is 13.7. The van der Waals surface area contributed by atoms with E-state index in [9.17, 15) is 0 Å². The van der Waals surface area contributed by atoms with Crippen LogP contribution in [0.4, 0.5) is 28.4 Å². The van der Waals surface area contributed by atoms with Gasteiger partial charge in [0, 0.05) is 45.0 Å². The molecule has 0 aliphatic heterocycles. The third-order valence-electron chi connectivity index (χ3n) is 19.7. The van der Waals surface area contributed by atoms with Crippen molar-refractivity contribution in [3.05, 3.63) is 372 Å². The lowest BCUT2D eigenvalue weighted by atomic mass is 9.79. The summed E-state index contributed by atoms with van der Waals surface area (Å²) in [6, 6.07) is 109. The Morgan fingerprint density at radius 1 is 0.319 bits per heavy atom. The zero-order valence-electron chi connectivity index (χ0n) is 54.1. The number of allylic oxidation sites excluding steroid dienone is 4. The molecule has 0 spiro atoms. The van der Waals surface area contributed by atoms with Crippen LogP contribution in [0.2, 0.25) is 0 Å². The lowest BCUT2D eigenvalue weighted by Crippen LogP contribution is -2.17. The fourth-order valence-corrected chi connectivity index (χ4v) is 14.5. The second kappa shape index (κ2) is 24.7. The van der Waals surface area contributed by atoms with Gasteiger partial charge in [-0.2, -0.15) is 0 Å². The van der Waals surface area contributed by atoms with Crippen molar-refractivity contribution >= 4 is 79.9 Å². The number of fused-ring (bicyclic) bond motifs is 6. The first kappa shape index (κ1) is 59.0. The van der Waals surface area contributed by atoms with E-state index in [2.05, 4.69) is 378 Å². The Kier molecular flexibility index (Phi) is 15.5. The van der Waals surface area contributed by atoms with Crippen LogP contribution < -0.4 is 9.80 Å². The van der Waals surface area contributed by atoms with E-state index in [0.717, 1.165) is 46.1 Å². The summed E-state index contributed by atoms with van der Waals surface area (Å²) in [4.78, 5) is 4.68. The molecule has 0 bridgehead atoms. The van der Waals surface area contributed by atoms with Crippen LogP contribution in [-0.2, 0) is 10.8 Å². The molecule has 0 unspecified atom stereocenters. The quantitative estimate of drug-likeness (QED) is 0.0703. The smallest absolute Gasteiger partial charge is 0.0468 e. The zero-order valence-corrected chi connectivity index (χ0v) is 54.1. The van der Waals surface area contributed by atoms with Gasteiger partial charge in [-0.25, -0.2) is 0 Å². The summed E-state index contributed by atoms with van der Waals surface area (Å²) in [5.74, 6) is 0. The molecule has 0 heterocycles. The molecular formula is C92H74N2. The molecule has 94 heavy (non-hydrogen) atoms. The number of anilines is 5. The van der Waals surface area contributed by atoms with Gasteiger partial charge in [0.25, 0.3) is 0 Å². The first-order chi connectivity index (χ1) is 45.9. The maximum Gasteiger partial charge on any atom is 0.0468 e. The summed E-state index contributed by atoms with van der Waals surface area (Å²) >= 11 is 0. The van der Waals surface area contributed by atoms with E-state index in [-0.39, 0.29) is 10.8 Å². The van der Waals surface area contributed by atoms with Gasteiger partial charge in [0.05, 0.1) is 0 Å².